The molecule has 6 nitrogen and oxygen atoms in total. The molecule has 4 saturated carbocycles. The van der Waals surface area contributed by atoms with Gasteiger partial charge >= 0.3 is 0 Å². The molecule has 144 valence electrons. The van der Waals surface area contributed by atoms with Crippen molar-refractivity contribution < 1.29 is 9.59 Å². The van der Waals surface area contributed by atoms with Crippen molar-refractivity contribution in [2.45, 2.75) is 51.5 Å². The first-order valence-electron chi connectivity index (χ1n) is 9.97. The lowest BCUT2D eigenvalue weighted by Crippen LogP contribution is -2.56. The average Bonchev–Trinajstić information content (AvgIpc) is 2.62. The largest absolute Gasteiger partial charge is 0.398 e. The van der Waals surface area contributed by atoms with Gasteiger partial charge in [0.25, 0.3) is 5.91 Å². The summed E-state index contributed by atoms with van der Waals surface area (Å²) in [5.74, 6) is 2.73. The highest BCUT2D eigenvalue weighted by Gasteiger charge is 2.48. The fraction of sp³-hybridized carbons (Fsp3) is 0.571. The van der Waals surface area contributed by atoms with Crippen LogP contribution in [0.5, 0.6) is 0 Å². The minimum absolute atomic E-state index is 0.00203. The highest BCUT2D eigenvalue weighted by molar-refractivity contribution is 6.02. The van der Waals surface area contributed by atoms with E-state index in [1.54, 1.807) is 31.2 Å². The third-order valence-electron chi connectivity index (χ3n) is 6.52. The molecule has 0 aliphatic heterocycles. The molecule has 5 rings (SSSR count). The number of nitrogens with one attached hydrogen (secondary N) is 2. The van der Waals surface area contributed by atoms with Crippen LogP contribution in [-0.2, 0) is 4.79 Å². The maximum absolute atomic E-state index is 12.5. The number of anilines is 1. The second-order valence-corrected chi connectivity index (χ2v) is 8.58. The Hall–Kier alpha value is -2.37. The summed E-state index contributed by atoms with van der Waals surface area (Å²) in [6.07, 6.45) is 6.72. The molecule has 1 aromatic rings. The number of hydrogen-bond acceptors (Lipinski definition) is 4. The number of benzene rings is 1. The molecule has 0 saturated heterocycles. The van der Waals surface area contributed by atoms with Gasteiger partial charge in [0.05, 0.1) is 12.0 Å². The summed E-state index contributed by atoms with van der Waals surface area (Å²) < 4.78 is 0. The molecule has 0 radical (unpaired) electrons. The molecular weight excluding hydrogens is 340 g/mol. The van der Waals surface area contributed by atoms with E-state index in [2.05, 4.69) is 15.8 Å². The maximum atomic E-state index is 12.5. The topological polar surface area (TPSA) is 96.6 Å². The average molecular weight is 368 g/mol. The van der Waals surface area contributed by atoms with Gasteiger partial charge in [-0.15, -0.1) is 0 Å². The number of nitrogens with zero attached hydrogens (tertiary/aromatic N) is 1. The van der Waals surface area contributed by atoms with Gasteiger partial charge in [-0.05, 0) is 74.8 Å². The van der Waals surface area contributed by atoms with Gasteiger partial charge in [0.2, 0.25) is 5.91 Å². The molecule has 0 heterocycles. The smallest absolute Gasteiger partial charge is 0.273 e. The number of rotatable bonds is 5. The highest BCUT2D eigenvalue weighted by Crippen LogP contribution is 2.53. The summed E-state index contributed by atoms with van der Waals surface area (Å²) in [6, 6.07) is 7.17. The fourth-order valence-electron chi connectivity index (χ4n) is 5.58. The lowest BCUT2D eigenvalue weighted by Gasteiger charge is -2.54. The second kappa shape index (κ2) is 7.33. The molecule has 0 atom stereocenters. The minimum Gasteiger partial charge on any atom is -0.398 e. The molecule has 0 unspecified atom stereocenters. The van der Waals surface area contributed by atoms with Crippen molar-refractivity contribution in [2.75, 3.05) is 5.73 Å². The monoisotopic (exact) mass is 368 g/mol. The van der Waals surface area contributed by atoms with E-state index in [4.69, 9.17) is 5.73 Å². The summed E-state index contributed by atoms with van der Waals surface area (Å²) >= 11 is 0. The molecule has 6 heteroatoms. The van der Waals surface area contributed by atoms with E-state index in [-0.39, 0.29) is 18.2 Å². The molecular formula is C21H28N4O2. The Morgan fingerprint density at radius 2 is 1.70 bits per heavy atom. The Labute approximate surface area is 160 Å². The third-order valence-corrected chi connectivity index (χ3v) is 6.52. The number of hydrazone groups is 1. The van der Waals surface area contributed by atoms with Gasteiger partial charge in [-0.25, -0.2) is 5.43 Å². The van der Waals surface area contributed by atoms with Gasteiger partial charge in [0, 0.05) is 17.4 Å². The third kappa shape index (κ3) is 3.84. The standard InChI is InChI=1S/C21H28N4O2/c1-12(24-25-21(27)17-4-2-3-5-18(17)22)6-19(26)23-20-15-8-13-7-14(10-15)11-16(20)9-13/h2-5,13-16,20H,6-11,22H2,1H3,(H,23,26)(H,25,27)/b24-12+. The van der Waals surface area contributed by atoms with Crippen LogP contribution in [0.25, 0.3) is 0 Å². The summed E-state index contributed by atoms with van der Waals surface area (Å²) in [5, 5.41) is 7.34. The van der Waals surface area contributed by atoms with Crippen LogP contribution < -0.4 is 16.5 Å². The first-order chi connectivity index (χ1) is 13.0. The van der Waals surface area contributed by atoms with E-state index in [1.807, 2.05) is 0 Å². The van der Waals surface area contributed by atoms with Gasteiger partial charge in [-0.2, -0.15) is 5.10 Å². The highest BCUT2D eigenvalue weighted by atomic mass is 16.2. The Morgan fingerprint density at radius 1 is 1.07 bits per heavy atom. The van der Waals surface area contributed by atoms with Crippen LogP contribution >= 0.6 is 0 Å². The summed E-state index contributed by atoms with van der Waals surface area (Å²) in [4.78, 5) is 24.6. The molecule has 1 aromatic carbocycles. The van der Waals surface area contributed by atoms with Crippen molar-refractivity contribution in [2.24, 2.45) is 28.8 Å². The van der Waals surface area contributed by atoms with Crippen molar-refractivity contribution in [1.29, 1.82) is 0 Å². The fourth-order valence-corrected chi connectivity index (χ4v) is 5.58. The van der Waals surface area contributed by atoms with Crippen molar-refractivity contribution in [1.82, 2.24) is 10.7 Å². The van der Waals surface area contributed by atoms with E-state index in [0.29, 0.717) is 34.8 Å². The van der Waals surface area contributed by atoms with E-state index in [1.165, 1.54) is 32.1 Å². The second-order valence-electron chi connectivity index (χ2n) is 8.58. The first-order valence-corrected chi connectivity index (χ1v) is 9.97. The van der Waals surface area contributed by atoms with Crippen molar-refractivity contribution >= 4 is 23.2 Å². The zero-order valence-corrected chi connectivity index (χ0v) is 15.8. The summed E-state index contributed by atoms with van der Waals surface area (Å²) in [7, 11) is 0. The number of carbonyl (C=O) groups is 2. The quantitative estimate of drug-likeness (QED) is 0.423. The summed E-state index contributed by atoms with van der Waals surface area (Å²) in [5.41, 5.74) is 9.66. The molecule has 4 aliphatic rings. The van der Waals surface area contributed by atoms with Crippen LogP contribution in [0.2, 0.25) is 0 Å². The zero-order chi connectivity index (χ0) is 19.0. The number of nitrogens with two attached hydrogens (primary N) is 1. The van der Waals surface area contributed by atoms with Crippen molar-refractivity contribution in [3.05, 3.63) is 29.8 Å². The Morgan fingerprint density at radius 3 is 2.33 bits per heavy atom. The normalized spacial score (nSPS) is 31.6. The van der Waals surface area contributed by atoms with Crippen LogP contribution in [0.3, 0.4) is 0 Å². The van der Waals surface area contributed by atoms with Gasteiger partial charge < -0.3 is 11.1 Å². The molecule has 0 spiro atoms. The first kappa shape index (κ1) is 18.0. The van der Waals surface area contributed by atoms with Gasteiger partial charge in [-0.1, -0.05) is 12.1 Å². The van der Waals surface area contributed by atoms with Crippen LogP contribution in [0.15, 0.2) is 29.4 Å². The lowest BCUT2D eigenvalue weighted by atomic mass is 9.54. The van der Waals surface area contributed by atoms with Gasteiger partial charge in [0.1, 0.15) is 0 Å². The SMILES string of the molecule is C/C(CC(=O)NC1C2CC3CC(C2)CC1C3)=N\NC(=O)c1ccccc1N. The number of amides is 2. The summed E-state index contributed by atoms with van der Waals surface area (Å²) in [6.45, 7) is 1.76. The maximum Gasteiger partial charge on any atom is 0.273 e. The molecule has 27 heavy (non-hydrogen) atoms. The van der Waals surface area contributed by atoms with Crippen molar-refractivity contribution in [3.8, 4) is 0 Å². The van der Waals surface area contributed by atoms with Crippen LogP contribution in [0, 0.1) is 23.7 Å². The van der Waals surface area contributed by atoms with E-state index < -0.39 is 0 Å². The van der Waals surface area contributed by atoms with E-state index in [9.17, 15) is 9.59 Å². The van der Waals surface area contributed by atoms with Crippen LogP contribution in [0.4, 0.5) is 5.69 Å². The molecule has 4 aliphatic carbocycles. The molecule has 4 fully saturated rings. The number of carbonyl (C=O) groups excluding carboxylic acids is 2. The number of para-hydroxylation sites is 1. The molecule has 2 amide bonds. The number of nitrogen functional groups attached to an aromatic ring is 1. The zero-order valence-electron chi connectivity index (χ0n) is 15.8. The van der Waals surface area contributed by atoms with E-state index >= 15 is 0 Å². The molecule has 0 aromatic heterocycles. The van der Waals surface area contributed by atoms with Gasteiger partial charge in [0.15, 0.2) is 0 Å². The lowest BCUT2D eigenvalue weighted by molar-refractivity contribution is -0.123. The molecule has 4 N–H and O–H groups in total. The predicted octanol–water partition coefficient (Wildman–Crippen LogP) is 2.71. The van der Waals surface area contributed by atoms with Crippen molar-refractivity contribution in [3.63, 3.8) is 0 Å². The van der Waals surface area contributed by atoms with E-state index in [0.717, 1.165) is 11.8 Å². The van der Waals surface area contributed by atoms with Crippen LogP contribution in [0.1, 0.15) is 55.8 Å². The minimum atomic E-state index is -0.367. The Kier molecular flexibility index (Phi) is 4.89. The van der Waals surface area contributed by atoms with Gasteiger partial charge in [-0.3, -0.25) is 9.59 Å². The van der Waals surface area contributed by atoms with Crippen LogP contribution in [-0.4, -0.2) is 23.6 Å². The molecule has 4 bridgehead atoms. The predicted molar refractivity (Wildman–Crippen MR) is 105 cm³/mol. The Bertz CT molecular complexity index is 745. The Balaban J connectivity index is 1.30. The number of hydrogen-bond donors (Lipinski definition) is 3.